The minimum atomic E-state index is -0.718. The first-order valence-electron chi connectivity index (χ1n) is 10.4. The Morgan fingerprint density at radius 1 is 1.09 bits per heavy atom. The lowest BCUT2D eigenvalue weighted by Crippen LogP contribution is -2.25. The summed E-state index contributed by atoms with van der Waals surface area (Å²) in [7, 11) is 2.60. The second-order valence-electron chi connectivity index (χ2n) is 9.37. The number of methoxy groups -OCH3 is 2. The van der Waals surface area contributed by atoms with Crippen LogP contribution in [-0.4, -0.2) is 47.7 Å². The van der Waals surface area contributed by atoms with E-state index in [-0.39, 0.29) is 30.4 Å². The first-order valence-corrected chi connectivity index (χ1v) is 10.8. The summed E-state index contributed by atoms with van der Waals surface area (Å²) < 4.78 is 15.2. The SMILES string of the molecule is COC(=O)CCc1c(C(=O)OC(C)(C)C)[nH]c(/C=C2\NC(=S)CC2(C)C)c1CC(=O)OC. The smallest absolute Gasteiger partial charge is 0.355 e. The maximum atomic E-state index is 13.0. The maximum Gasteiger partial charge on any atom is 0.355 e. The molecule has 9 heteroatoms. The Labute approximate surface area is 194 Å². The average Bonchev–Trinajstić information content (AvgIpc) is 3.13. The van der Waals surface area contributed by atoms with Crippen molar-refractivity contribution in [1.29, 1.82) is 0 Å². The first kappa shape index (κ1) is 25.6. The molecule has 1 aromatic heterocycles. The normalized spacial score (nSPS) is 16.6. The highest BCUT2D eigenvalue weighted by molar-refractivity contribution is 7.80. The summed E-state index contributed by atoms with van der Waals surface area (Å²) in [6.07, 6.45) is 2.71. The predicted molar refractivity (Wildman–Crippen MR) is 124 cm³/mol. The van der Waals surface area contributed by atoms with Crippen LogP contribution in [0.25, 0.3) is 6.08 Å². The van der Waals surface area contributed by atoms with Crippen LogP contribution < -0.4 is 5.32 Å². The lowest BCUT2D eigenvalue weighted by atomic mass is 9.88. The third kappa shape index (κ3) is 6.41. The highest BCUT2D eigenvalue weighted by Crippen LogP contribution is 2.36. The number of hydrogen-bond donors (Lipinski definition) is 2. The summed E-state index contributed by atoms with van der Waals surface area (Å²) in [6, 6.07) is 0. The number of thiocarbonyl (C=S) groups is 1. The van der Waals surface area contributed by atoms with Gasteiger partial charge in [0, 0.05) is 29.6 Å². The molecule has 0 radical (unpaired) electrons. The maximum absolute atomic E-state index is 13.0. The van der Waals surface area contributed by atoms with Crippen molar-refractivity contribution in [3.8, 4) is 0 Å². The van der Waals surface area contributed by atoms with Crippen LogP contribution >= 0.6 is 12.2 Å². The van der Waals surface area contributed by atoms with Gasteiger partial charge in [-0.1, -0.05) is 26.1 Å². The molecule has 0 unspecified atom stereocenters. The molecule has 1 aromatic rings. The van der Waals surface area contributed by atoms with Crippen LogP contribution in [0, 0.1) is 5.41 Å². The first-order chi connectivity index (χ1) is 14.8. The molecule has 2 N–H and O–H groups in total. The molecule has 176 valence electrons. The van der Waals surface area contributed by atoms with Crippen LogP contribution in [0.15, 0.2) is 5.70 Å². The highest BCUT2D eigenvalue weighted by atomic mass is 32.1. The van der Waals surface area contributed by atoms with Gasteiger partial charge >= 0.3 is 17.9 Å². The summed E-state index contributed by atoms with van der Waals surface area (Å²) in [5, 5.41) is 3.21. The van der Waals surface area contributed by atoms with E-state index in [1.54, 1.807) is 20.8 Å². The number of esters is 3. The van der Waals surface area contributed by atoms with Gasteiger partial charge in [0.1, 0.15) is 11.3 Å². The van der Waals surface area contributed by atoms with E-state index in [2.05, 4.69) is 24.1 Å². The topological polar surface area (TPSA) is 107 Å². The summed E-state index contributed by atoms with van der Waals surface area (Å²) in [6.45, 7) is 9.42. The molecule has 8 nitrogen and oxygen atoms in total. The van der Waals surface area contributed by atoms with Gasteiger partial charge in [0.05, 0.1) is 25.6 Å². The Morgan fingerprint density at radius 3 is 2.22 bits per heavy atom. The van der Waals surface area contributed by atoms with E-state index in [0.29, 0.717) is 23.2 Å². The summed E-state index contributed by atoms with van der Waals surface area (Å²) in [5.41, 5.74) is 1.78. The quantitative estimate of drug-likeness (QED) is 0.359. The third-order valence-electron chi connectivity index (χ3n) is 5.10. The Hall–Kier alpha value is -2.68. The molecular weight excluding hydrogens is 432 g/mol. The number of H-pyrrole nitrogens is 1. The van der Waals surface area contributed by atoms with E-state index in [1.807, 2.05) is 6.08 Å². The summed E-state index contributed by atoms with van der Waals surface area (Å²) in [4.78, 5) is 40.9. The van der Waals surface area contributed by atoms with Gasteiger partial charge in [-0.25, -0.2) is 4.79 Å². The number of ether oxygens (including phenoxy) is 3. The number of aromatic nitrogens is 1. The number of allylic oxidation sites excluding steroid dienone is 1. The Balaban J connectivity index is 2.64. The highest BCUT2D eigenvalue weighted by Gasteiger charge is 2.33. The minimum Gasteiger partial charge on any atom is -0.469 e. The van der Waals surface area contributed by atoms with E-state index < -0.39 is 23.5 Å². The van der Waals surface area contributed by atoms with Gasteiger partial charge in [0.25, 0.3) is 0 Å². The Bertz CT molecular complexity index is 952. The molecule has 0 atom stereocenters. The molecular formula is C23H32N2O6S. The fourth-order valence-electron chi connectivity index (χ4n) is 3.48. The largest absolute Gasteiger partial charge is 0.469 e. The molecule has 0 aliphatic carbocycles. The molecule has 0 spiro atoms. The molecule has 2 heterocycles. The van der Waals surface area contributed by atoms with Crippen molar-refractivity contribution in [2.24, 2.45) is 5.41 Å². The second kappa shape index (κ2) is 9.85. The van der Waals surface area contributed by atoms with E-state index in [4.69, 9.17) is 26.4 Å². The van der Waals surface area contributed by atoms with Gasteiger partial charge in [0.15, 0.2) is 0 Å². The lowest BCUT2D eigenvalue weighted by molar-refractivity contribution is -0.140. The van der Waals surface area contributed by atoms with Crippen LogP contribution in [0.1, 0.15) is 74.8 Å². The van der Waals surface area contributed by atoms with E-state index in [0.717, 1.165) is 10.7 Å². The van der Waals surface area contributed by atoms with Crippen molar-refractivity contribution in [3.05, 3.63) is 28.2 Å². The fourth-order valence-corrected chi connectivity index (χ4v) is 3.96. The molecule has 1 aliphatic rings. The van der Waals surface area contributed by atoms with Crippen LogP contribution in [0.3, 0.4) is 0 Å². The van der Waals surface area contributed by atoms with Crippen LogP contribution in [0.4, 0.5) is 0 Å². The van der Waals surface area contributed by atoms with Crippen molar-refractivity contribution < 1.29 is 28.6 Å². The molecule has 32 heavy (non-hydrogen) atoms. The number of hydrogen-bond acceptors (Lipinski definition) is 7. The minimum absolute atomic E-state index is 0.0438. The van der Waals surface area contributed by atoms with Crippen LogP contribution in [0.5, 0.6) is 0 Å². The fraction of sp³-hybridized carbons (Fsp3) is 0.565. The van der Waals surface area contributed by atoms with E-state index in [9.17, 15) is 14.4 Å². The van der Waals surface area contributed by atoms with Gasteiger partial charge < -0.3 is 24.5 Å². The zero-order chi connectivity index (χ0) is 24.3. The molecule has 0 aromatic carbocycles. The van der Waals surface area contributed by atoms with E-state index in [1.165, 1.54) is 14.2 Å². The monoisotopic (exact) mass is 464 g/mol. The number of carbonyl (C=O) groups is 3. The third-order valence-corrected chi connectivity index (χ3v) is 5.35. The van der Waals surface area contributed by atoms with Gasteiger partial charge in [0.2, 0.25) is 0 Å². The molecule has 2 rings (SSSR count). The molecule has 1 fully saturated rings. The summed E-state index contributed by atoms with van der Waals surface area (Å²) in [5.74, 6) is -1.45. The molecule has 0 bridgehead atoms. The number of rotatable bonds is 7. The molecule has 1 saturated heterocycles. The van der Waals surface area contributed by atoms with Crippen LogP contribution in [0.2, 0.25) is 0 Å². The van der Waals surface area contributed by atoms with Crippen molar-refractivity contribution in [3.63, 3.8) is 0 Å². The van der Waals surface area contributed by atoms with Gasteiger partial charge in [-0.15, -0.1) is 0 Å². The van der Waals surface area contributed by atoms with Gasteiger partial charge in [-0.2, -0.15) is 0 Å². The summed E-state index contributed by atoms with van der Waals surface area (Å²) >= 11 is 5.34. The number of aromatic amines is 1. The van der Waals surface area contributed by atoms with Crippen molar-refractivity contribution in [2.45, 2.75) is 65.9 Å². The van der Waals surface area contributed by atoms with Crippen molar-refractivity contribution in [1.82, 2.24) is 10.3 Å². The molecule has 0 saturated carbocycles. The number of nitrogens with one attached hydrogen (secondary N) is 2. The second-order valence-corrected chi connectivity index (χ2v) is 9.86. The average molecular weight is 465 g/mol. The van der Waals surface area contributed by atoms with Gasteiger partial charge in [-0.3, -0.25) is 9.59 Å². The Kier molecular flexibility index (Phi) is 7.88. The zero-order valence-electron chi connectivity index (χ0n) is 19.8. The Morgan fingerprint density at radius 2 is 1.72 bits per heavy atom. The number of carbonyl (C=O) groups excluding carboxylic acids is 3. The van der Waals surface area contributed by atoms with Gasteiger partial charge in [-0.05, 0) is 44.4 Å². The lowest BCUT2D eigenvalue weighted by Gasteiger charge is -2.19. The predicted octanol–water partition coefficient (Wildman–Crippen LogP) is 3.48. The van der Waals surface area contributed by atoms with Crippen LogP contribution in [-0.2, 0) is 36.6 Å². The molecule has 0 amide bonds. The van der Waals surface area contributed by atoms with Crippen molar-refractivity contribution in [2.75, 3.05) is 14.2 Å². The molecule has 1 aliphatic heterocycles. The standard InChI is InChI=1S/C23H32N2O6S/c1-22(2,3)31-21(28)20-13(8-9-18(26)29-6)14(10-19(27)30-7)15(24-20)11-16-23(4,5)12-17(32)25-16/h11,24H,8-10,12H2,1-7H3,(H,25,32)/b16-11-. The van der Waals surface area contributed by atoms with Crippen molar-refractivity contribution >= 4 is 41.2 Å². The zero-order valence-corrected chi connectivity index (χ0v) is 20.6. The van der Waals surface area contributed by atoms with E-state index >= 15 is 0 Å².